The second kappa shape index (κ2) is 4.35. The van der Waals surface area contributed by atoms with Gasteiger partial charge in [0.1, 0.15) is 5.82 Å². The molecule has 0 spiro atoms. The van der Waals surface area contributed by atoms with Crippen molar-refractivity contribution in [1.29, 1.82) is 0 Å². The lowest BCUT2D eigenvalue weighted by Crippen LogP contribution is -2.24. The first-order chi connectivity index (χ1) is 8.71. The second-order valence-electron chi connectivity index (χ2n) is 4.87. The molecule has 0 unspecified atom stereocenters. The fourth-order valence-corrected chi connectivity index (χ4v) is 3.61. The van der Waals surface area contributed by atoms with Crippen molar-refractivity contribution in [3.63, 3.8) is 0 Å². The molecule has 0 radical (unpaired) electrons. The number of nitrogen functional groups attached to an aromatic ring is 1. The Labute approximate surface area is 110 Å². The van der Waals surface area contributed by atoms with Gasteiger partial charge in [0.05, 0.1) is 5.69 Å². The van der Waals surface area contributed by atoms with Gasteiger partial charge < -0.3 is 5.73 Å². The van der Waals surface area contributed by atoms with Crippen LogP contribution in [0, 0.1) is 5.82 Å². The molecule has 1 aromatic carbocycles. The maximum atomic E-state index is 13.1. The normalized spacial score (nSPS) is 18.1. The molecule has 1 aliphatic carbocycles. The first-order valence-electron chi connectivity index (χ1n) is 6.18. The standard InChI is InChI=1S/C14H15FN2S/c15-11-5-3-10(4-6-11)14(7-1-2-8-14)12-9-18-13(16)17-12/h3-6,9H,1-2,7-8H2,(H2,16,17). The third-order valence-electron chi connectivity index (χ3n) is 3.87. The van der Waals surface area contributed by atoms with E-state index in [1.807, 2.05) is 17.5 Å². The van der Waals surface area contributed by atoms with Crippen LogP contribution in [0.4, 0.5) is 9.52 Å². The predicted molar refractivity (Wildman–Crippen MR) is 72.2 cm³/mol. The maximum Gasteiger partial charge on any atom is 0.180 e. The molecule has 0 saturated heterocycles. The smallest absolute Gasteiger partial charge is 0.180 e. The summed E-state index contributed by atoms with van der Waals surface area (Å²) >= 11 is 1.48. The zero-order chi connectivity index (χ0) is 12.6. The van der Waals surface area contributed by atoms with Gasteiger partial charge in [-0.05, 0) is 30.5 Å². The molecule has 0 atom stereocenters. The molecule has 1 heterocycles. The van der Waals surface area contributed by atoms with E-state index in [4.69, 9.17) is 5.73 Å². The predicted octanol–water partition coefficient (Wildman–Crippen LogP) is 3.72. The van der Waals surface area contributed by atoms with Crippen LogP contribution >= 0.6 is 11.3 Å². The monoisotopic (exact) mass is 262 g/mol. The molecule has 2 aromatic rings. The molecule has 18 heavy (non-hydrogen) atoms. The average Bonchev–Trinajstić information content (AvgIpc) is 2.99. The lowest BCUT2D eigenvalue weighted by atomic mass is 9.76. The molecule has 1 aromatic heterocycles. The van der Waals surface area contributed by atoms with Gasteiger partial charge in [0.2, 0.25) is 0 Å². The van der Waals surface area contributed by atoms with E-state index in [0.29, 0.717) is 5.13 Å². The van der Waals surface area contributed by atoms with Crippen molar-refractivity contribution < 1.29 is 4.39 Å². The molecule has 2 N–H and O–H groups in total. The van der Waals surface area contributed by atoms with Crippen molar-refractivity contribution >= 4 is 16.5 Å². The zero-order valence-corrected chi connectivity index (χ0v) is 10.8. The summed E-state index contributed by atoms with van der Waals surface area (Å²) < 4.78 is 13.1. The molecule has 0 aliphatic heterocycles. The minimum atomic E-state index is -0.190. The van der Waals surface area contributed by atoms with Crippen LogP contribution in [0.2, 0.25) is 0 Å². The van der Waals surface area contributed by atoms with Gasteiger partial charge in [-0.3, -0.25) is 0 Å². The Balaban J connectivity index is 2.09. The lowest BCUT2D eigenvalue weighted by Gasteiger charge is -2.27. The van der Waals surface area contributed by atoms with E-state index in [-0.39, 0.29) is 11.2 Å². The topological polar surface area (TPSA) is 38.9 Å². The molecule has 1 aliphatic rings. The summed E-state index contributed by atoms with van der Waals surface area (Å²) in [5.41, 5.74) is 7.91. The van der Waals surface area contributed by atoms with Gasteiger partial charge in [-0.15, -0.1) is 11.3 Å². The van der Waals surface area contributed by atoms with Crippen LogP contribution in [0.1, 0.15) is 36.9 Å². The highest BCUT2D eigenvalue weighted by Crippen LogP contribution is 2.46. The van der Waals surface area contributed by atoms with E-state index in [0.717, 1.165) is 24.1 Å². The summed E-state index contributed by atoms with van der Waals surface area (Å²) in [4.78, 5) is 4.47. The molecular formula is C14H15FN2S. The summed E-state index contributed by atoms with van der Waals surface area (Å²) in [5, 5.41) is 2.66. The van der Waals surface area contributed by atoms with Gasteiger partial charge >= 0.3 is 0 Å². The van der Waals surface area contributed by atoms with Gasteiger partial charge in [-0.25, -0.2) is 9.37 Å². The highest BCUT2D eigenvalue weighted by atomic mass is 32.1. The Hall–Kier alpha value is -1.42. The number of anilines is 1. The third-order valence-corrected chi connectivity index (χ3v) is 4.54. The first kappa shape index (κ1) is 11.7. The highest BCUT2D eigenvalue weighted by Gasteiger charge is 2.39. The van der Waals surface area contributed by atoms with Gasteiger partial charge in [0, 0.05) is 10.8 Å². The number of hydrogen-bond donors (Lipinski definition) is 1. The number of aromatic nitrogens is 1. The van der Waals surface area contributed by atoms with E-state index in [2.05, 4.69) is 4.98 Å². The SMILES string of the molecule is Nc1nc(C2(c3ccc(F)cc3)CCCC2)cs1. The van der Waals surface area contributed by atoms with Gasteiger partial charge in [0.15, 0.2) is 5.13 Å². The number of benzene rings is 1. The fourth-order valence-electron chi connectivity index (χ4n) is 2.95. The molecule has 0 bridgehead atoms. The van der Waals surface area contributed by atoms with E-state index in [9.17, 15) is 4.39 Å². The molecule has 0 amide bonds. The van der Waals surface area contributed by atoms with Crippen LogP contribution in [0.5, 0.6) is 0 Å². The van der Waals surface area contributed by atoms with Gasteiger partial charge in [0.25, 0.3) is 0 Å². The van der Waals surface area contributed by atoms with Gasteiger partial charge in [-0.1, -0.05) is 25.0 Å². The fraction of sp³-hybridized carbons (Fsp3) is 0.357. The van der Waals surface area contributed by atoms with Gasteiger partial charge in [-0.2, -0.15) is 0 Å². The molecule has 3 rings (SSSR count). The van der Waals surface area contributed by atoms with Crippen LogP contribution in [0.3, 0.4) is 0 Å². The van der Waals surface area contributed by atoms with E-state index < -0.39 is 0 Å². The number of hydrogen-bond acceptors (Lipinski definition) is 3. The Morgan fingerprint density at radius 3 is 2.39 bits per heavy atom. The van der Waals surface area contributed by atoms with E-state index >= 15 is 0 Å². The zero-order valence-electron chi connectivity index (χ0n) is 10.0. The van der Waals surface area contributed by atoms with Crippen LogP contribution in [-0.2, 0) is 5.41 Å². The van der Waals surface area contributed by atoms with Crippen molar-refractivity contribution in [2.24, 2.45) is 0 Å². The Morgan fingerprint density at radius 1 is 1.17 bits per heavy atom. The Kier molecular flexibility index (Phi) is 2.82. The molecule has 1 saturated carbocycles. The minimum absolute atomic E-state index is 0.0537. The van der Waals surface area contributed by atoms with E-state index in [1.54, 1.807) is 0 Å². The summed E-state index contributed by atoms with van der Waals surface area (Å²) in [6, 6.07) is 6.84. The number of nitrogens with zero attached hydrogens (tertiary/aromatic N) is 1. The quantitative estimate of drug-likeness (QED) is 0.895. The Morgan fingerprint density at radius 2 is 1.83 bits per heavy atom. The lowest BCUT2D eigenvalue weighted by molar-refractivity contribution is 0.519. The largest absolute Gasteiger partial charge is 0.375 e. The summed E-state index contributed by atoms with van der Waals surface area (Å²) in [6.07, 6.45) is 4.52. The van der Waals surface area contributed by atoms with Crippen molar-refractivity contribution in [2.45, 2.75) is 31.1 Å². The minimum Gasteiger partial charge on any atom is -0.375 e. The van der Waals surface area contributed by atoms with Crippen molar-refractivity contribution in [1.82, 2.24) is 4.98 Å². The molecule has 1 fully saturated rings. The first-order valence-corrected chi connectivity index (χ1v) is 7.06. The number of halogens is 1. The molecule has 4 heteroatoms. The summed E-state index contributed by atoms with van der Waals surface area (Å²) in [5.74, 6) is -0.190. The third kappa shape index (κ3) is 1.81. The Bertz CT molecular complexity index is 541. The number of nitrogens with two attached hydrogens (primary N) is 1. The van der Waals surface area contributed by atoms with Crippen LogP contribution in [0.25, 0.3) is 0 Å². The molecule has 94 valence electrons. The maximum absolute atomic E-state index is 13.1. The molecular weight excluding hydrogens is 247 g/mol. The average molecular weight is 262 g/mol. The highest BCUT2D eigenvalue weighted by molar-refractivity contribution is 7.13. The number of rotatable bonds is 2. The van der Waals surface area contributed by atoms with Crippen molar-refractivity contribution in [2.75, 3.05) is 5.73 Å². The van der Waals surface area contributed by atoms with Crippen LogP contribution in [-0.4, -0.2) is 4.98 Å². The van der Waals surface area contributed by atoms with Crippen LogP contribution in [0.15, 0.2) is 29.6 Å². The number of thiazole rings is 1. The van der Waals surface area contributed by atoms with Crippen LogP contribution < -0.4 is 5.73 Å². The summed E-state index contributed by atoms with van der Waals surface area (Å²) in [7, 11) is 0. The summed E-state index contributed by atoms with van der Waals surface area (Å²) in [6.45, 7) is 0. The second-order valence-corrected chi connectivity index (χ2v) is 5.76. The van der Waals surface area contributed by atoms with Crippen molar-refractivity contribution in [3.05, 3.63) is 46.7 Å². The van der Waals surface area contributed by atoms with Crippen molar-refractivity contribution in [3.8, 4) is 0 Å². The van der Waals surface area contributed by atoms with E-state index in [1.165, 1.54) is 36.3 Å². The molecule has 2 nitrogen and oxygen atoms in total.